The van der Waals surface area contributed by atoms with Crippen LogP contribution in [0.2, 0.25) is 5.02 Å². The van der Waals surface area contributed by atoms with Crippen molar-refractivity contribution in [2.24, 2.45) is 0 Å². The van der Waals surface area contributed by atoms with Gasteiger partial charge in [-0.1, -0.05) is 54.3 Å². The van der Waals surface area contributed by atoms with Crippen molar-refractivity contribution >= 4 is 51.8 Å². The van der Waals surface area contributed by atoms with Gasteiger partial charge < -0.3 is 10.0 Å². The molecule has 1 aliphatic carbocycles. The van der Waals surface area contributed by atoms with Gasteiger partial charge in [-0.25, -0.2) is 9.78 Å². The number of aliphatic carboxylic acids is 1. The van der Waals surface area contributed by atoms with Crippen LogP contribution in [0.3, 0.4) is 0 Å². The van der Waals surface area contributed by atoms with Crippen molar-refractivity contribution in [3.8, 4) is 0 Å². The summed E-state index contributed by atoms with van der Waals surface area (Å²) >= 11 is 8.61. The number of aromatic nitrogens is 1. The van der Waals surface area contributed by atoms with Crippen LogP contribution in [0.25, 0.3) is 0 Å². The van der Waals surface area contributed by atoms with E-state index in [1.807, 2.05) is 23.1 Å². The summed E-state index contributed by atoms with van der Waals surface area (Å²) in [5.74, 6) is -0.899. The SMILES string of the molecule is CC1(N(CCCc2cccc(Cl)c2)C(=O)Nc2ncc(SCC(=O)O)s2)CCCCC1. The minimum Gasteiger partial charge on any atom is -0.481 e. The fourth-order valence-corrected chi connectivity index (χ4v) is 5.80. The normalized spacial score (nSPS) is 15.4. The number of halogens is 1. The molecule has 1 aliphatic rings. The van der Waals surface area contributed by atoms with E-state index in [0.29, 0.717) is 11.7 Å². The molecular weight excluding hydrogens is 454 g/mol. The molecule has 3 rings (SSSR count). The number of amides is 2. The Morgan fingerprint density at radius 1 is 1.32 bits per heavy atom. The molecule has 0 spiro atoms. The summed E-state index contributed by atoms with van der Waals surface area (Å²) in [5, 5.41) is 13.0. The number of rotatable bonds is 9. The Balaban J connectivity index is 1.65. The van der Waals surface area contributed by atoms with E-state index in [9.17, 15) is 9.59 Å². The van der Waals surface area contributed by atoms with Crippen molar-refractivity contribution in [2.75, 3.05) is 17.6 Å². The van der Waals surface area contributed by atoms with E-state index in [1.165, 1.54) is 35.1 Å². The van der Waals surface area contributed by atoms with Gasteiger partial charge in [-0.2, -0.15) is 0 Å². The molecule has 1 saturated carbocycles. The first-order valence-corrected chi connectivity index (χ1v) is 12.7. The lowest BCUT2D eigenvalue weighted by Gasteiger charge is -2.44. The monoisotopic (exact) mass is 481 g/mol. The quantitative estimate of drug-likeness (QED) is 0.419. The highest BCUT2D eigenvalue weighted by Gasteiger charge is 2.36. The van der Waals surface area contributed by atoms with Crippen LogP contribution in [0.5, 0.6) is 0 Å². The van der Waals surface area contributed by atoms with Crippen LogP contribution in [0, 0.1) is 0 Å². The Hall–Kier alpha value is -1.77. The Labute approximate surface area is 196 Å². The number of carbonyl (C=O) groups is 2. The summed E-state index contributed by atoms with van der Waals surface area (Å²) in [6.07, 6.45) is 8.77. The fraction of sp³-hybridized carbons (Fsp3) is 0.500. The average Bonchev–Trinajstić information content (AvgIpc) is 3.17. The van der Waals surface area contributed by atoms with E-state index in [2.05, 4.69) is 23.3 Å². The van der Waals surface area contributed by atoms with Crippen LogP contribution in [-0.4, -0.2) is 44.8 Å². The van der Waals surface area contributed by atoms with Gasteiger partial charge in [0.25, 0.3) is 0 Å². The van der Waals surface area contributed by atoms with Crippen LogP contribution >= 0.6 is 34.7 Å². The Bertz CT molecular complexity index is 900. The molecule has 2 amide bonds. The molecule has 2 N–H and O–H groups in total. The summed E-state index contributed by atoms with van der Waals surface area (Å²) in [4.78, 5) is 30.2. The maximum absolute atomic E-state index is 13.2. The van der Waals surface area contributed by atoms with E-state index in [0.717, 1.165) is 47.8 Å². The zero-order valence-corrected chi connectivity index (χ0v) is 20.0. The maximum atomic E-state index is 13.2. The summed E-state index contributed by atoms with van der Waals surface area (Å²) in [7, 11) is 0. The molecule has 0 saturated heterocycles. The third-order valence-corrected chi connectivity index (χ3v) is 7.93. The van der Waals surface area contributed by atoms with E-state index >= 15 is 0 Å². The van der Waals surface area contributed by atoms with E-state index < -0.39 is 5.97 Å². The van der Waals surface area contributed by atoms with Crippen LogP contribution in [-0.2, 0) is 11.2 Å². The minimum absolute atomic E-state index is 0.0245. The highest BCUT2D eigenvalue weighted by molar-refractivity contribution is 8.01. The van der Waals surface area contributed by atoms with Crippen molar-refractivity contribution in [3.05, 3.63) is 41.0 Å². The number of nitrogens with one attached hydrogen (secondary N) is 1. The smallest absolute Gasteiger partial charge is 0.324 e. The molecule has 0 atom stereocenters. The minimum atomic E-state index is -0.875. The Morgan fingerprint density at radius 2 is 2.10 bits per heavy atom. The molecule has 1 heterocycles. The largest absolute Gasteiger partial charge is 0.481 e. The van der Waals surface area contributed by atoms with Crippen LogP contribution < -0.4 is 5.32 Å². The van der Waals surface area contributed by atoms with E-state index in [-0.39, 0.29) is 17.3 Å². The van der Waals surface area contributed by atoms with Crippen LogP contribution in [0.1, 0.15) is 51.0 Å². The number of hydrogen-bond acceptors (Lipinski definition) is 5. The van der Waals surface area contributed by atoms with Gasteiger partial charge >= 0.3 is 12.0 Å². The molecule has 2 aromatic rings. The third kappa shape index (κ3) is 7.12. The molecule has 0 bridgehead atoms. The first-order chi connectivity index (χ1) is 14.9. The zero-order valence-electron chi connectivity index (χ0n) is 17.6. The van der Waals surface area contributed by atoms with Gasteiger partial charge in [0, 0.05) is 17.1 Å². The summed E-state index contributed by atoms with van der Waals surface area (Å²) < 4.78 is 0.772. The number of urea groups is 1. The van der Waals surface area contributed by atoms with Crippen LogP contribution in [0.15, 0.2) is 34.7 Å². The number of hydrogen-bond donors (Lipinski definition) is 2. The van der Waals surface area contributed by atoms with Crippen molar-refractivity contribution in [1.82, 2.24) is 9.88 Å². The second kappa shape index (κ2) is 11.2. The molecular formula is C22H28ClN3O3S2. The third-order valence-electron chi connectivity index (χ3n) is 5.60. The highest BCUT2D eigenvalue weighted by Crippen LogP contribution is 2.35. The highest BCUT2D eigenvalue weighted by atomic mass is 35.5. The topological polar surface area (TPSA) is 82.5 Å². The first kappa shape index (κ1) is 23.9. The molecule has 6 nitrogen and oxygen atoms in total. The van der Waals surface area contributed by atoms with E-state index in [4.69, 9.17) is 16.7 Å². The first-order valence-electron chi connectivity index (χ1n) is 10.5. The second-order valence-corrected chi connectivity index (χ2v) is 10.8. The lowest BCUT2D eigenvalue weighted by atomic mass is 9.82. The molecule has 1 aromatic heterocycles. The number of nitrogens with zero attached hydrogens (tertiary/aromatic N) is 2. The number of carboxylic acid groups (broad SMARTS) is 1. The lowest BCUT2D eigenvalue weighted by molar-refractivity contribution is -0.133. The number of anilines is 1. The van der Waals surface area contributed by atoms with Gasteiger partial charge in [0.05, 0.1) is 16.2 Å². The molecule has 0 aliphatic heterocycles. The molecule has 0 unspecified atom stereocenters. The number of thioether (sulfide) groups is 1. The molecule has 1 aromatic carbocycles. The summed E-state index contributed by atoms with van der Waals surface area (Å²) in [6.45, 7) is 2.84. The summed E-state index contributed by atoms with van der Waals surface area (Å²) in [6, 6.07) is 7.71. The maximum Gasteiger partial charge on any atom is 0.324 e. The predicted octanol–water partition coefficient (Wildman–Crippen LogP) is 6.16. The van der Waals surface area contributed by atoms with Crippen molar-refractivity contribution in [2.45, 2.75) is 61.6 Å². The number of benzene rings is 1. The van der Waals surface area contributed by atoms with E-state index in [1.54, 1.807) is 6.20 Å². The Morgan fingerprint density at radius 3 is 2.81 bits per heavy atom. The van der Waals surface area contributed by atoms with Crippen molar-refractivity contribution < 1.29 is 14.7 Å². The second-order valence-electron chi connectivity index (χ2n) is 8.04. The molecule has 168 valence electrons. The fourth-order valence-electron chi connectivity index (χ4n) is 4.01. The van der Waals surface area contributed by atoms with Gasteiger partial charge in [0.1, 0.15) is 0 Å². The average molecular weight is 482 g/mol. The predicted molar refractivity (Wildman–Crippen MR) is 127 cm³/mol. The number of carboxylic acids is 1. The molecule has 31 heavy (non-hydrogen) atoms. The number of carbonyl (C=O) groups excluding carboxylic acids is 1. The van der Waals surface area contributed by atoms with Gasteiger partial charge in [0.2, 0.25) is 0 Å². The van der Waals surface area contributed by atoms with Gasteiger partial charge in [-0.05, 0) is 50.3 Å². The van der Waals surface area contributed by atoms with Gasteiger partial charge in [0.15, 0.2) is 5.13 Å². The molecule has 1 fully saturated rings. The number of thiazole rings is 1. The van der Waals surface area contributed by atoms with Gasteiger partial charge in [-0.3, -0.25) is 10.1 Å². The summed E-state index contributed by atoms with van der Waals surface area (Å²) in [5.41, 5.74) is 0.996. The molecule has 0 radical (unpaired) electrons. The number of aryl methyl sites for hydroxylation is 1. The lowest BCUT2D eigenvalue weighted by Crippen LogP contribution is -2.52. The zero-order chi connectivity index (χ0) is 22.3. The van der Waals surface area contributed by atoms with Gasteiger partial charge in [-0.15, -0.1) is 11.8 Å². The standard InChI is InChI=1S/C22H28ClN3O3S2/c1-22(10-3-2-4-11-22)26(12-6-8-16-7-5-9-17(23)13-16)21(29)25-20-24-14-19(31-20)30-15-18(27)28/h5,7,9,13-14H,2-4,6,8,10-12,15H2,1H3,(H,27,28)(H,24,25,29). The molecule has 9 heteroatoms. The van der Waals surface area contributed by atoms with Crippen LogP contribution in [0.4, 0.5) is 9.93 Å². The Kier molecular flexibility index (Phi) is 8.63. The van der Waals surface area contributed by atoms with Crippen molar-refractivity contribution in [3.63, 3.8) is 0 Å². The van der Waals surface area contributed by atoms with Crippen molar-refractivity contribution in [1.29, 1.82) is 0 Å².